The average Bonchev–Trinajstić information content (AvgIpc) is 2.21. The molecule has 0 fully saturated rings. The van der Waals surface area contributed by atoms with Crippen LogP contribution in [0.4, 0.5) is 8.78 Å². The number of hydrogen-bond donors (Lipinski definition) is 0. The van der Waals surface area contributed by atoms with Crippen LogP contribution in [0.25, 0.3) is 0 Å². The van der Waals surface area contributed by atoms with Gasteiger partial charge in [-0.05, 0) is 17.7 Å². The van der Waals surface area contributed by atoms with Gasteiger partial charge in [-0.25, -0.2) is 8.78 Å². The van der Waals surface area contributed by atoms with Crippen molar-refractivity contribution in [3.63, 3.8) is 0 Å². The Bertz CT molecular complexity index is 305. The fourth-order valence-electron chi connectivity index (χ4n) is 1.40. The molecule has 1 rings (SSSR count). The predicted molar refractivity (Wildman–Crippen MR) is 66.5 cm³/mol. The van der Waals surface area contributed by atoms with Crippen LogP contribution in [0.3, 0.4) is 0 Å². The van der Waals surface area contributed by atoms with Gasteiger partial charge in [0.15, 0.2) is 0 Å². The lowest BCUT2D eigenvalue weighted by molar-refractivity contribution is 0.0881. The van der Waals surface area contributed by atoms with Crippen LogP contribution in [-0.4, -0.2) is 29.7 Å². The van der Waals surface area contributed by atoms with Gasteiger partial charge in [0.05, 0.1) is 6.54 Å². The molecule has 0 atom stereocenters. The third-order valence-corrected chi connectivity index (χ3v) is 2.72. The van der Waals surface area contributed by atoms with Crippen molar-refractivity contribution in [1.82, 2.24) is 4.90 Å². The number of alkyl halides is 3. The predicted octanol–water partition coefficient (Wildman–Crippen LogP) is 3.80. The Hall–Kier alpha value is -0.190. The maximum atomic E-state index is 12.3. The van der Waals surface area contributed by atoms with E-state index in [-0.39, 0.29) is 6.54 Å². The Balaban J connectivity index is 2.56. The smallest absolute Gasteiger partial charge is 0.251 e. The molecule has 1 nitrogen and oxygen atoms in total. The van der Waals surface area contributed by atoms with Crippen LogP contribution < -0.4 is 0 Å². The molecule has 1 aromatic carbocycles. The molecule has 90 valence electrons. The minimum atomic E-state index is -2.30. The van der Waals surface area contributed by atoms with Crippen LogP contribution in [0.2, 0.25) is 5.02 Å². The summed E-state index contributed by atoms with van der Waals surface area (Å²) in [6.07, 6.45) is -2.30. The van der Waals surface area contributed by atoms with E-state index < -0.39 is 6.43 Å². The minimum Gasteiger partial charge on any atom is -0.293 e. The van der Waals surface area contributed by atoms with Gasteiger partial charge in [0.1, 0.15) is 0 Å². The van der Waals surface area contributed by atoms with E-state index in [0.29, 0.717) is 23.4 Å². The SMILES string of the molecule is FC(F)CN(CCBr)Cc1ccc(Cl)cc1. The quantitative estimate of drug-likeness (QED) is 0.722. The summed E-state index contributed by atoms with van der Waals surface area (Å²) in [7, 11) is 0. The molecule has 5 heteroatoms. The maximum Gasteiger partial charge on any atom is 0.251 e. The molecule has 0 amide bonds. The van der Waals surface area contributed by atoms with Gasteiger partial charge in [-0.1, -0.05) is 39.7 Å². The third-order valence-electron chi connectivity index (χ3n) is 2.12. The van der Waals surface area contributed by atoms with Crippen molar-refractivity contribution < 1.29 is 8.78 Å². The minimum absolute atomic E-state index is 0.200. The van der Waals surface area contributed by atoms with Gasteiger partial charge in [-0.3, -0.25) is 4.90 Å². The second kappa shape index (κ2) is 7.20. The summed E-state index contributed by atoms with van der Waals surface area (Å²) in [5.41, 5.74) is 0.992. The first kappa shape index (κ1) is 13.9. The molecule has 0 unspecified atom stereocenters. The molecule has 0 bridgehead atoms. The van der Waals surface area contributed by atoms with E-state index in [1.54, 1.807) is 17.0 Å². The molecule has 1 aromatic rings. The molecule has 0 N–H and O–H groups in total. The Labute approximate surface area is 108 Å². The number of benzene rings is 1. The van der Waals surface area contributed by atoms with Crippen LogP contribution in [0.15, 0.2) is 24.3 Å². The molecule has 0 spiro atoms. The van der Waals surface area contributed by atoms with Gasteiger partial charge in [-0.15, -0.1) is 0 Å². The Morgan fingerprint density at radius 2 is 1.88 bits per heavy atom. The lowest BCUT2D eigenvalue weighted by atomic mass is 10.2. The van der Waals surface area contributed by atoms with Gasteiger partial charge < -0.3 is 0 Å². The molecule has 0 radical (unpaired) electrons. The summed E-state index contributed by atoms with van der Waals surface area (Å²) in [5, 5.41) is 1.34. The van der Waals surface area contributed by atoms with Gasteiger partial charge in [-0.2, -0.15) is 0 Å². The monoisotopic (exact) mass is 311 g/mol. The zero-order valence-electron chi connectivity index (χ0n) is 8.67. The first-order valence-electron chi connectivity index (χ1n) is 4.92. The summed E-state index contributed by atoms with van der Waals surface area (Å²) >= 11 is 9.01. The van der Waals surface area contributed by atoms with Crippen molar-refractivity contribution in [1.29, 1.82) is 0 Å². The van der Waals surface area contributed by atoms with Gasteiger partial charge in [0.2, 0.25) is 0 Å². The molecule has 0 aliphatic rings. The fraction of sp³-hybridized carbons (Fsp3) is 0.455. The van der Waals surface area contributed by atoms with E-state index in [2.05, 4.69) is 15.9 Å². The largest absolute Gasteiger partial charge is 0.293 e. The first-order valence-corrected chi connectivity index (χ1v) is 6.42. The van der Waals surface area contributed by atoms with E-state index in [0.717, 1.165) is 5.56 Å². The van der Waals surface area contributed by atoms with Gasteiger partial charge >= 0.3 is 0 Å². The number of rotatable bonds is 6. The highest BCUT2D eigenvalue weighted by Crippen LogP contribution is 2.12. The van der Waals surface area contributed by atoms with Crippen molar-refractivity contribution >= 4 is 27.5 Å². The topological polar surface area (TPSA) is 3.24 Å². The Morgan fingerprint density at radius 3 is 2.38 bits per heavy atom. The standard InChI is InChI=1S/C11H13BrClF2N/c12-5-6-16(8-11(14)15)7-9-1-3-10(13)4-2-9/h1-4,11H,5-8H2. The summed E-state index contributed by atoms with van der Waals surface area (Å²) in [6.45, 7) is 0.925. The van der Waals surface area contributed by atoms with Crippen molar-refractivity contribution in [2.75, 3.05) is 18.4 Å². The third kappa shape index (κ3) is 5.23. The van der Waals surface area contributed by atoms with E-state index in [4.69, 9.17) is 11.6 Å². The molecule has 0 aromatic heterocycles. The first-order chi connectivity index (χ1) is 7.61. The molecular formula is C11H13BrClF2N. The molecule has 0 saturated heterocycles. The van der Waals surface area contributed by atoms with Crippen LogP contribution >= 0.6 is 27.5 Å². The van der Waals surface area contributed by atoms with Crippen molar-refractivity contribution in [2.45, 2.75) is 13.0 Å². The van der Waals surface area contributed by atoms with Crippen molar-refractivity contribution in [3.8, 4) is 0 Å². The van der Waals surface area contributed by atoms with Crippen molar-refractivity contribution in [2.24, 2.45) is 0 Å². The highest BCUT2D eigenvalue weighted by molar-refractivity contribution is 9.09. The van der Waals surface area contributed by atoms with Crippen LogP contribution in [-0.2, 0) is 6.54 Å². The van der Waals surface area contributed by atoms with Crippen LogP contribution in [0.5, 0.6) is 0 Å². The van der Waals surface area contributed by atoms with Gasteiger partial charge in [0, 0.05) is 23.4 Å². The second-order valence-electron chi connectivity index (χ2n) is 3.44. The van der Waals surface area contributed by atoms with E-state index in [1.165, 1.54) is 0 Å². The molecule has 0 aliphatic carbocycles. The van der Waals surface area contributed by atoms with E-state index in [1.807, 2.05) is 12.1 Å². The molecule has 0 heterocycles. The van der Waals surface area contributed by atoms with Crippen LogP contribution in [0.1, 0.15) is 5.56 Å². The number of nitrogens with zero attached hydrogens (tertiary/aromatic N) is 1. The zero-order valence-corrected chi connectivity index (χ0v) is 11.0. The summed E-state index contributed by atoms with van der Waals surface area (Å²) < 4.78 is 24.6. The lowest BCUT2D eigenvalue weighted by Crippen LogP contribution is -2.30. The Morgan fingerprint density at radius 1 is 1.25 bits per heavy atom. The molecule has 0 aliphatic heterocycles. The summed E-state index contributed by atoms with van der Waals surface area (Å²) in [5.74, 6) is 0. The van der Waals surface area contributed by atoms with Gasteiger partial charge in [0.25, 0.3) is 6.43 Å². The second-order valence-corrected chi connectivity index (χ2v) is 4.67. The highest BCUT2D eigenvalue weighted by atomic mass is 79.9. The summed E-state index contributed by atoms with van der Waals surface area (Å²) in [6, 6.07) is 7.25. The van der Waals surface area contributed by atoms with Crippen LogP contribution in [0, 0.1) is 0 Å². The van der Waals surface area contributed by atoms with E-state index in [9.17, 15) is 8.78 Å². The molecule has 0 saturated carbocycles. The highest BCUT2D eigenvalue weighted by Gasteiger charge is 2.11. The van der Waals surface area contributed by atoms with Crippen molar-refractivity contribution in [3.05, 3.63) is 34.9 Å². The number of hydrogen-bond acceptors (Lipinski definition) is 1. The lowest BCUT2D eigenvalue weighted by Gasteiger charge is -2.20. The number of halogens is 4. The fourth-order valence-corrected chi connectivity index (χ4v) is 2.03. The Kier molecular flexibility index (Phi) is 6.24. The summed E-state index contributed by atoms with van der Waals surface area (Å²) in [4.78, 5) is 1.71. The average molecular weight is 313 g/mol. The normalized spacial score (nSPS) is 11.4. The maximum absolute atomic E-state index is 12.3. The van der Waals surface area contributed by atoms with E-state index >= 15 is 0 Å². The molecule has 16 heavy (non-hydrogen) atoms. The molecular weight excluding hydrogens is 299 g/mol. The zero-order chi connectivity index (χ0) is 12.0.